The topological polar surface area (TPSA) is 48.1 Å². The summed E-state index contributed by atoms with van der Waals surface area (Å²) < 4.78 is 5.68. The van der Waals surface area contributed by atoms with Crippen LogP contribution >= 0.6 is 0 Å². The molecule has 1 aromatic rings. The number of pyridine rings is 1. The van der Waals surface area contributed by atoms with Crippen LogP contribution < -0.4 is 10.5 Å². The Hall–Kier alpha value is -1.35. The molecule has 2 aliphatic rings. The van der Waals surface area contributed by atoms with Gasteiger partial charge in [0.05, 0.1) is 12.8 Å². The van der Waals surface area contributed by atoms with Crippen LogP contribution in [-0.4, -0.2) is 18.1 Å². The van der Waals surface area contributed by atoms with Crippen LogP contribution in [0.15, 0.2) is 24.5 Å². The third-order valence-electron chi connectivity index (χ3n) is 7.38. The van der Waals surface area contributed by atoms with Crippen molar-refractivity contribution in [2.45, 2.75) is 60.3 Å². The highest BCUT2D eigenvalue weighted by molar-refractivity contribution is 5.73. The molecule has 0 saturated heterocycles. The second-order valence-corrected chi connectivity index (χ2v) is 9.25. The van der Waals surface area contributed by atoms with Crippen molar-refractivity contribution in [2.75, 3.05) is 13.2 Å². The van der Waals surface area contributed by atoms with Crippen molar-refractivity contribution < 1.29 is 4.74 Å². The van der Waals surface area contributed by atoms with Gasteiger partial charge in [-0.05, 0) is 84.9 Å². The Labute approximate surface area is 159 Å². The van der Waals surface area contributed by atoms with Crippen molar-refractivity contribution >= 4 is 5.57 Å². The van der Waals surface area contributed by atoms with Gasteiger partial charge in [0.2, 0.25) is 0 Å². The fraction of sp³-hybridized carbons (Fsp3) is 0.696. The van der Waals surface area contributed by atoms with Crippen molar-refractivity contribution in [1.82, 2.24) is 4.98 Å². The maximum Gasteiger partial charge on any atom is 0.138 e. The maximum absolute atomic E-state index is 5.91. The molecule has 0 bridgehead atoms. The summed E-state index contributed by atoms with van der Waals surface area (Å²) in [5.74, 6) is 3.06. The van der Waals surface area contributed by atoms with E-state index >= 15 is 0 Å². The minimum atomic E-state index is 0.251. The lowest BCUT2D eigenvalue weighted by Crippen LogP contribution is -2.44. The zero-order valence-corrected chi connectivity index (χ0v) is 17.2. The number of nitrogens with zero attached hydrogens (tertiary/aromatic N) is 1. The molecule has 0 aromatic carbocycles. The van der Waals surface area contributed by atoms with E-state index in [1.807, 2.05) is 19.3 Å². The highest BCUT2D eigenvalue weighted by Gasteiger charge is 2.51. The van der Waals surface area contributed by atoms with Gasteiger partial charge in [-0.1, -0.05) is 33.8 Å². The van der Waals surface area contributed by atoms with Gasteiger partial charge in [0.1, 0.15) is 5.75 Å². The van der Waals surface area contributed by atoms with Crippen LogP contribution in [0.3, 0.4) is 0 Å². The summed E-state index contributed by atoms with van der Waals surface area (Å²) in [5.41, 5.74) is 9.21. The van der Waals surface area contributed by atoms with E-state index in [1.54, 1.807) is 0 Å². The van der Waals surface area contributed by atoms with Gasteiger partial charge in [-0.2, -0.15) is 0 Å². The first-order valence-corrected chi connectivity index (χ1v) is 10.3. The predicted molar refractivity (Wildman–Crippen MR) is 109 cm³/mol. The molecule has 3 nitrogen and oxygen atoms in total. The zero-order chi connectivity index (χ0) is 18.9. The molecule has 1 saturated carbocycles. The first kappa shape index (κ1) is 19.4. The van der Waals surface area contributed by atoms with Gasteiger partial charge in [0.15, 0.2) is 0 Å². The average Bonchev–Trinajstić information content (AvgIpc) is 2.93. The summed E-state index contributed by atoms with van der Waals surface area (Å²) >= 11 is 0. The van der Waals surface area contributed by atoms with E-state index in [0.29, 0.717) is 23.9 Å². The number of ether oxygens (including phenoxy) is 1. The van der Waals surface area contributed by atoms with Crippen molar-refractivity contribution in [2.24, 2.45) is 34.3 Å². The Kier molecular flexibility index (Phi) is 5.48. The number of allylic oxidation sites excluding steroid dienone is 2. The van der Waals surface area contributed by atoms with E-state index < -0.39 is 0 Å². The lowest BCUT2D eigenvalue weighted by atomic mass is 9.53. The van der Waals surface area contributed by atoms with Crippen molar-refractivity contribution in [3.8, 4) is 5.75 Å². The van der Waals surface area contributed by atoms with Gasteiger partial charge in [0.25, 0.3) is 0 Å². The maximum atomic E-state index is 5.91. The SMILES string of the molecule is CCOc1cncc(C2=CC[C@H]3[C@H](C)[C@@H](C(C)(C)CCN)CC[C@]23C)c1. The summed E-state index contributed by atoms with van der Waals surface area (Å²) in [5, 5.41) is 0. The van der Waals surface area contributed by atoms with Crippen LogP contribution in [0, 0.1) is 28.6 Å². The van der Waals surface area contributed by atoms with Gasteiger partial charge in [-0.25, -0.2) is 0 Å². The molecule has 3 heteroatoms. The highest BCUT2D eigenvalue weighted by atomic mass is 16.5. The quantitative estimate of drug-likeness (QED) is 0.751. The molecule has 1 fully saturated rings. The summed E-state index contributed by atoms with van der Waals surface area (Å²) in [6.45, 7) is 13.3. The molecule has 26 heavy (non-hydrogen) atoms. The fourth-order valence-corrected chi connectivity index (χ4v) is 5.97. The average molecular weight is 357 g/mol. The lowest BCUT2D eigenvalue weighted by Gasteiger charge is -2.51. The number of hydrogen-bond acceptors (Lipinski definition) is 3. The Balaban J connectivity index is 1.84. The molecular formula is C23H36N2O. The first-order chi connectivity index (χ1) is 12.3. The van der Waals surface area contributed by atoms with E-state index in [1.165, 1.54) is 30.4 Å². The molecule has 4 atom stereocenters. The Bertz CT molecular complexity index is 666. The monoisotopic (exact) mass is 356 g/mol. The molecule has 0 aliphatic heterocycles. The minimum absolute atomic E-state index is 0.251. The molecule has 3 rings (SSSR count). The summed E-state index contributed by atoms with van der Waals surface area (Å²) in [4.78, 5) is 4.43. The largest absolute Gasteiger partial charge is 0.492 e. The van der Waals surface area contributed by atoms with Gasteiger partial charge < -0.3 is 10.5 Å². The Morgan fingerprint density at radius 2 is 2.12 bits per heavy atom. The molecule has 0 spiro atoms. The number of rotatable bonds is 6. The molecule has 2 aliphatic carbocycles. The number of hydrogen-bond donors (Lipinski definition) is 1. The zero-order valence-electron chi connectivity index (χ0n) is 17.2. The van der Waals surface area contributed by atoms with Crippen LogP contribution in [-0.2, 0) is 0 Å². The summed E-state index contributed by atoms with van der Waals surface area (Å²) in [6, 6.07) is 2.17. The van der Waals surface area contributed by atoms with Crippen molar-refractivity contribution in [3.05, 3.63) is 30.1 Å². The van der Waals surface area contributed by atoms with E-state index in [4.69, 9.17) is 10.5 Å². The first-order valence-electron chi connectivity index (χ1n) is 10.3. The molecule has 1 heterocycles. The third kappa shape index (κ3) is 3.31. The van der Waals surface area contributed by atoms with Crippen molar-refractivity contribution in [3.63, 3.8) is 0 Å². The smallest absolute Gasteiger partial charge is 0.138 e. The molecule has 0 radical (unpaired) electrons. The molecule has 1 aromatic heterocycles. The number of fused-ring (bicyclic) bond motifs is 1. The van der Waals surface area contributed by atoms with E-state index in [-0.39, 0.29) is 5.41 Å². The van der Waals surface area contributed by atoms with Gasteiger partial charge in [-0.3, -0.25) is 4.98 Å². The minimum Gasteiger partial charge on any atom is -0.492 e. The van der Waals surface area contributed by atoms with Gasteiger partial charge >= 0.3 is 0 Å². The van der Waals surface area contributed by atoms with Crippen molar-refractivity contribution in [1.29, 1.82) is 0 Å². The van der Waals surface area contributed by atoms with Crippen LogP contribution in [0.4, 0.5) is 0 Å². The van der Waals surface area contributed by atoms with Gasteiger partial charge in [0, 0.05) is 6.20 Å². The summed E-state index contributed by atoms with van der Waals surface area (Å²) in [6.07, 6.45) is 11.1. The van der Waals surface area contributed by atoms with Crippen LogP contribution in [0.1, 0.15) is 65.9 Å². The van der Waals surface area contributed by atoms with Crippen LogP contribution in [0.25, 0.3) is 5.57 Å². The second kappa shape index (κ2) is 7.34. The second-order valence-electron chi connectivity index (χ2n) is 9.25. The Morgan fingerprint density at radius 1 is 1.35 bits per heavy atom. The van der Waals surface area contributed by atoms with E-state index in [0.717, 1.165) is 24.6 Å². The number of aromatic nitrogens is 1. The highest BCUT2D eigenvalue weighted by Crippen LogP contribution is 2.61. The van der Waals surface area contributed by atoms with Crippen LogP contribution in [0.2, 0.25) is 0 Å². The normalized spacial score (nSPS) is 31.5. The molecule has 0 unspecified atom stereocenters. The van der Waals surface area contributed by atoms with E-state index in [2.05, 4.69) is 44.8 Å². The molecule has 0 amide bonds. The standard InChI is InChI=1S/C23H36N2O/c1-6-26-18-13-17(14-25-15-18)21-8-7-20-16(2)19(9-10-23(20,21)5)22(3,4)11-12-24/h8,13-16,19-20H,6-7,9-12,24H2,1-5H3/t16-,19+,20+,23+/m1/s1. The lowest BCUT2D eigenvalue weighted by molar-refractivity contribution is 0.00769. The predicted octanol–water partition coefficient (Wildman–Crippen LogP) is 5.31. The Morgan fingerprint density at radius 3 is 2.81 bits per heavy atom. The number of nitrogens with two attached hydrogens (primary N) is 1. The molecular weight excluding hydrogens is 320 g/mol. The van der Waals surface area contributed by atoms with Gasteiger partial charge in [-0.15, -0.1) is 0 Å². The fourth-order valence-electron chi connectivity index (χ4n) is 5.97. The molecule has 2 N–H and O–H groups in total. The molecule has 144 valence electrons. The summed E-state index contributed by atoms with van der Waals surface area (Å²) in [7, 11) is 0. The van der Waals surface area contributed by atoms with Crippen LogP contribution in [0.5, 0.6) is 5.75 Å². The third-order valence-corrected chi connectivity index (χ3v) is 7.38. The van der Waals surface area contributed by atoms with E-state index in [9.17, 15) is 0 Å².